The summed E-state index contributed by atoms with van der Waals surface area (Å²) in [5.74, 6) is 0.581. The van der Waals surface area contributed by atoms with Crippen LogP contribution >= 0.6 is 11.6 Å². The van der Waals surface area contributed by atoms with E-state index in [0.717, 1.165) is 23.4 Å². The second kappa shape index (κ2) is 6.01. The molecule has 0 saturated carbocycles. The van der Waals surface area contributed by atoms with Crippen molar-refractivity contribution < 1.29 is 0 Å². The number of hydrogen-bond donors (Lipinski definition) is 0. The first-order valence-electron chi connectivity index (χ1n) is 6.46. The molecule has 0 bridgehead atoms. The van der Waals surface area contributed by atoms with Crippen LogP contribution in [0.15, 0.2) is 42.7 Å². The number of benzene rings is 1. The first-order chi connectivity index (χ1) is 8.76. The van der Waals surface area contributed by atoms with E-state index < -0.39 is 0 Å². The van der Waals surface area contributed by atoms with Crippen LogP contribution in [0.3, 0.4) is 0 Å². The topological polar surface area (TPSA) is 12.9 Å². The van der Waals surface area contributed by atoms with E-state index in [-0.39, 0.29) is 0 Å². The summed E-state index contributed by atoms with van der Waals surface area (Å²) in [7, 11) is 0. The predicted octanol–water partition coefficient (Wildman–Crippen LogP) is 5.31. The van der Waals surface area contributed by atoms with Crippen molar-refractivity contribution in [1.82, 2.24) is 4.98 Å². The molecule has 1 aromatic carbocycles. The lowest BCUT2D eigenvalue weighted by atomic mass is 9.88. The highest BCUT2D eigenvalue weighted by Crippen LogP contribution is 2.34. The molecule has 0 aliphatic rings. The molecule has 0 aliphatic carbocycles. The first kappa shape index (κ1) is 13.1. The van der Waals surface area contributed by atoms with Crippen LogP contribution < -0.4 is 0 Å². The maximum Gasteiger partial charge on any atom is 0.0412 e. The molecule has 0 saturated heterocycles. The van der Waals surface area contributed by atoms with Crippen molar-refractivity contribution in [3.8, 4) is 11.1 Å². The smallest absolute Gasteiger partial charge is 0.0412 e. The zero-order valence-corrected chi connectivity index (χ0v) is 11.6. The van der Waals surface area contributed by atoms with Crippen molar-refractivity contribution in [2.24, 2.45) is 0 Å². The first-order valence-corrected chi connectivity index (χ1v) is 6.83. The van der Waals surface area contributed by atoms with Gasteiger partial charge in [0, 0.05) is 23.0 Å². The van der Waals surface area contributed by atoms with Gasteiger partial charge < -0.3 is 0 Å². The highest BCUT2D eigenvalue weighted by molar-refractivity contribution is 6.30. The van der Waals surface area contributed by atoms with Crippen LogP contribution in [0.1, 0.15) is 38.2 Å². The standard InChI is InChI=1S/C16H18ClN/c1-3-12(4-2)15-8-7-14(17)10-16(15)13-6-5-9-18-11-13/h5-12H,3-4H2,1-2H3. The van der Waals surface area contributed by atoms with Gasteiger partial charge >= 0.3 is 0 Å². The molecular weight excluding hydrogens is 242 g/mol. The molecule has 1 nitrogen and oxygen atoms in total. The minimum atomic E-state index is 0.581. The van der Waals surface area contributed by atoms with E-state index in [1.165, 1.54) is 11.1 Å². The molecule has 2 heteroatoms. The lowest BCUT2D eigenvalue weighted by Gasteiger charge is -2.18. The van der Waals surface area contributed by atoms with Gasteiger partial charge in [0.1, 0.15) is 0 Å². The summed E-state index contributed by atoms with van der Waals surface area (Å²) in [6.07, 6.45) is 5.99. The van der Waals surface area contributed by atoms with Crippen molar-refractivity contribution in [2.75, 3.05) is 0 Å². The molecule has 2 rings (SSSR count). The molecule has 1 aromatic heterocycles. The fraction of sp³-hybridized carbons (Fsp3) is 0.312. The summed E-state index contributed by atoms with van der Waals surface area (Å²) < 4.78 is 0. The minimum absolute atomic E-state index is 0.581. The average molecular weight is 260 g/mol. The molecule has 0 unspecified atom stereocenters. The van der Waals surface area contributed by atoms with E-state index in [0.29, 0.717) is 5.92 Å². The third kappa shape index (κ3) is 2.73. The van der Waals surface area contributed by atoms with Crippen molar-refractivity contribution >= 4 is 11.6 Å². The molecule has 94 valence electrons. The van der Waals surface area contributed by atoms with Gasteiger partial charge in [0.25, 0.3) is 0 Å². The van der Waals surface area contributed by atoms with Crippen LogP contribution in [-0.4, -0.2) is 4.98 Å². The van der Waals surface area contributed by atoms with Crippen LogP contribution in [0.2, 0.25) is 5.02 Å². The normalized spacial score (nSPS) is 10.9. The van der Waals surface area contributed by atoms with Gasteiger partial charge in [0.2, 0.25) is 0 Å². The Bertz CT molecular complexity index is 504. The predicted molar refractivity (Wildman–Crippen MR) is 78.0 cm³/mol. The summed E-state index contributed by atoms with van der Waals surface area (Å²) in [6, 6.07) is 10.2. The van der Waals surface area contributed by atoms with Crippen molar-refractivity contribution in [2.45, 2.75) is 32.6 Å². The molecule has 0 radical (unpaired) electrons. The van der Waals surface area contributed by atoms with Gasteiger partial charge in [0.05, 0.1) is 0 Å². The monoisotopic (exact) mass is 259 g/mol. The van der Waals surface area contributed by atoms with E-state index in [9.17, 15) is 0 Å². The summed E-state index contributed by atoms with van der Waals surface area (Å²) in [6.45, 7) is 4.46. The van der Waals surface area contributed by atoms with E-state index >= 15 is 0 Å². The lowest BCUT2D eigenvalue weighted by molar-refractivity contribution is 0.643. The van der Waals surface area contributed by atoms with Crippen LogP contribution in [0.25, 0.3) is 11.1 Å². The SMILES string of the molecule is CCC(CC)c1ccc(Cl)cc1-c1cccnc1. The van der Waals surface area contributed by atoms with Gasteiger partial charge in [-0.3, -0.25) is 4.98 Å². The van der Waals surface area contributed by atoms with E-state index in [1.807, 2.05) is 24.4 Å². The molecule has 0 amide bonds. The van der Waals surface area contributed by atoms with Crippen LogP contribution in [0.5, 0.6) is 0 Å². The van der Waals surface area contributed by atoms with Crippen molar-refractivity contribution in [3.63, 3.8) is 0 Å². The maximum atomic E-state index is 6.14. The van der Waals surface area contributed by atoms with Gasteiger partial charge in [-0.05, 0) is 48.1 Å². The van der Waals surface area contributed by atoms with Gasteiger partial charge in [-0.2, -0.15) is 0 Å². The Morgan fingerprint density at radius 3 is 2.56 bits per heavy atom. The highest BCUT2D eigenvalue weighted by atomic mass is 35.5. The number of hydrogen-bond acceptors (Lipinski definition) is 1. The van der Waals surface area contributed by atoms with Gasteiger partial charge in [-0.25, -0.2) is 0 Å². The fourth-order valence-corrected chi connectivity index (χ4v) is 2.56. The van der Waals surface area contributed by atoms with Gasteiger partial charge in [-0.15, -0.1) is 0 Å². The third-order valence-electron chi connectivity index (χ3n) is 3.41. The summed E-state index contributed by atoms with van der Waals surface area (Å²) in [4.78, 5) is 4.20. The third-order valence-corrected chi connectivity index (χ3v) is 3.65. The molecule has 1 heterocycles. The molecule has 0 aliphatic heterocycles. The van der Waals surface area contributed by atoms with E-state index in [1.54, 1.807) is 6.20 Å². The largest absolute Gasteiger partial charge is 0.264 e. The summed E-state index contributed by atoms with van der Waals surface area (Å²) in [5.41, 5.74) is 3.73. The second-order valence-corrected chi connectivity index (χ2v) is 4.92. The fourth-order valence-electron chi connectivity index (χ4n) is 2.39. The van der Waals surface area contributed by atoms with Crippen LogP contribution in [-0.2, 0) is 0 Å². The Labute approximate surface area is 114 Å². The number of aromatic nitrogens is 1. The highest BCUT2D eigenvalue weighted by Gasteiger charge is 2.13. The summed E-state index contributed by atoms with van der Waals surface area (Å²) in [5, 5.41) is 0.781. The Morgan fingerprint density at radius 1 is 1.17 bits per heavy atom. The number of halogens is 1. The molecule has 0 spiro atoms. The number of rotatable bonds is 4. The number of nitrogens with zero attached hydrogens (tertiary/aromatic N) is 1. The number of pyridine rings is 1. The minimum Gasteiger partial charge on any atom is -0.264 e. The molecule has 0 fully saturated rings. The molecule has 18 heavy (non-hydrogen) atoms. The quantitative estimate of drug-likeness (QED) is 0.725. The Morgan fingerprint density at radius 2 is 1.94 bits per heavy atom. The van der Waals surface area contributed by atoms with Crippen molar-refractivity contribution in [1.29, 1.82) is 0 Å². The van der Waals surface area contributed by atoms with Crippen LogP contribution in [0.4, 0.5) is 0 Å². The van der Waals surface area contributed by atoms with E-state index in [2.05, 4.69) is 31.0 Å². The Kier molecular flexibility index (Phi) is 4.38. The van der Waals surface area contributed by atoms with Gasteiger partial charge in [0.15, 0.2) is 0 Å². The van der Waals surface area contributed by atoms with Gasteiger partial charge in [-0.1, -0.05) is 37.6 Å². The Hall–Kier alpha value is -1.34. The molecule has 0 atom stereocenters. The second-order valence-electron chi connectivity index (χ2n) is 4.49. The maximum absolute atomic E-state index is 6.14. The van der Waals surface area contributed by atoms with E-state index in [4.69, 9.17) is 11.6 Å². The summed E-state index contributed by atoms with van der Waals surface area (Å²) >= 11 is 6.14. The zero-order chi connectivity index (χ0) is 13.0. The molecule has 2 aromatic rings. The van der Waals surface area contributed by atoms with Crippen LogP contribution in [0, 0.1) is 0 Å². The molecule has 0 N–H and O–H groups in total. The lowest BCUT2D eigenvalue weighted by Crippen LogP contribution is -1.98. The zero-order valence-electron chi connectivity index (χ0n) is 10.9. The Balaban J connectivity index is 2.54. The van der Waals surface area contributed by atoms with Crippen molar-refractivity contribution in [3.05, 3.63) is 53.3 Å². The molecular formula is C16H18ClN. The average Bonchev–Trinajstić information content (AvgIpc) is 2.42.